The Bertz CT molecular complexity index is 1190. The first-order valence-electron chi connectivity index (χ1n) is 8.11. The smallest absolute Gasteiger partial charge is 0.276 e. The molecule has 1 heterocycles. The number of rotatable bonds is 3. The number of hydrazone groups is 1. The van der Waals surface area contributed by atoms with Crippen LogP contribution in [0.15, 0.2) is 82.3 Å². The lowest BCUT2D eigenvalue weighted by molar-refractivity contribution is 0.0951. The summed E-state index contributed by atoms with van der Waals surface area (Å²) >= 11 is 0. The van der Waals surface area contributed by atoms with Crippen LogP contribution in [0.4, 0.5) is 0 Å². The third-order valence-corrected chi connectivity index (χ3v) is 4.10. The summed E-state index contributed by atoms with van der Waals surface area (Å²) in [6, 6.07) is 22.7. The number of carbonyl (C=O) groups excluding carboxylic acids is 1. The van der Waals surface area contributed by atoms with Crippen LogP contribution in [0.1, 0.15) is 15.9 Å². The molecule has 4 rings (SSSR count). The lowest BCUT2D eigenvalue weighted by atomic mass is 10.0. The van der Waals surface area contributed by atoms with Crippen molar-refractivity contribution in [1.82, 2.24) is 5.43 Å². The van der Waals surface area contributed by atoms with Crippen molar-refractivity contribution in [2.75, 3.05) is 0 Å². The molecule has 0 saturated carbocycles. The van der Waals surface area contributed by atoms with Crippen LogP contribution >= 0.6 is 0 Å². The van der Waals surface area contributed by atoms with Crippen LogP contribution in [0, 0.1) is 5.41 Å². The molecule has 0 spiro atoms. The maximum Gasteiger partial charge on any atom is 0.276 e. The molecule has 5 heteroatoms. The minimum absolute atomic E-state index is 0.138. The van der Waals surface area contributed by atoms with E-state index in [4.69, 9.17) is 9.83 Å². The molecule has 4 aromatic rings. The largest absolute Gasteiger partial charge is 0.438 e. The van der Waals surface area contributed by atoms with Gasteiger partial charge in [-0.05, 0) is 28.5 Å². The van der Waals surface area contributed by atoms with Gasteiger partial charge >= 0.3 is 0 Å². The fourth-order valence-corrected chi connectivity index (χ4v) is 2.82. The van der Waals surface area contributed by atoms with Gasteiger partial charge in [-0.2, -0.15) is 5.10 Å². The van der Waals surface area contributed by atoms with Crippen LogP contribution in [0.3, 0.4) is 0 Å². The highest BCUT2D eigenvalue weighted by atomic mass is 16.3. The number of benzene rings is 3. The SMILES string of the molecule is N=c1oc2ccc3ccccc3c2cc1C(=O)N/N=C\c1ccccc1. The van der Waals surface area contributed by atoms with Crippen molar-refractivity contribution in [1.29, 1.82) is 5.41 Å². The molecule has 0 aliphatic heterocycles. The number of nitrogens with zero attached hydrogens (tertiary/aromatic N) is 1. The molecular weight excluding hydrogens is 326 g/mol. The molecule has 2 N–H and O–H groups in total. The van der Waals surface area contributed by atoms with Crippen LogP contribution < -0.4 is 11.0 Å². The van der Waals surface area contributed by atoms with E-state index in [1.807, 2.05) is 66.7 Å². The average molecular weight is 341 g/mol. The van der Waals surface area contributed by atoms with Crippen LogP contribution in [0.25, 0.3) is 21.7 Å². The fraction of sp³-hybridized carbons (Fsp3) is 0. The molecule has 0 saturated heterocycles. The van der Waals surface area contributed by atoms with Gasteiger partial charge < -0.3 is 4.42 Å². The monoisotopic (exact) mass is 341 g/mol. The van der Waals surface area contributed by atoms with Gasteiger partial charge in [0.25, 0.3) is 5.91 Å². The fourth-order valence-electron chi connectivity index (χ4n) is 2.82. The average Bonchev–Trinajstić information content (AvgIpc) is 2.68. The van der Waals surface area contributed by atoms with Crippen molar-refractivity contribution < 1.29 is 9.21 Å². The predicted molar refractivity (Wildman–Crippen MR) is 101 cm³/mol. The Morgan fingerprint density at radius 3 is 2.58 bits per heavy atom. The summed E-state index contributed by atoms with van der Waals surface area (Å²) < 4.78 is 5.54. The number of nitrogens with one attached hydrogen (secondary N) is 2. The first-order chi connectivity index (χ1) is 12.7. The zero-order chi connectivity index (χ0) is 17.9. The molecule has 1 aromatic heterocycles. The molecule has 0 bridgehead atoms. The molecule has 0 radical (unpaired) electrons. The molecule has 5 nitrogen and oxygen atoms in total. The maximum atomic E-state index is 12.4. The standard InChI is InChI=1S/C21H15N3O2/c22-20-18(21(25)24-23-13-14-6-2-1-3-7-14)12-17-16-9-5-4-8-15(16)10-11-19(17)26-20/h1-13,22H,(H,24,25)/b22-20?,23-13-. The van der Waals surface area contributed by atoms with E-state index in [-0.39, 0.29) is 11.1 Å². The van der Waals surface area contributed by atoms with E-state index in [1.165, 1.54) is 0 Å². The molecule has 3 aromatic carbocycles. The van der Waals surface area contributed by atoms with Crippen LogP contribution in [0.2, 0.25) is 0 Å². The quantitative estimate of drug-likeness (QED) is 0.337. The van der Waals surface area contributed by atoms with Gasteiger partial charge in [0.05, 0.1) is 6.21 Å². The van der Waals surface area contributed by atoms with Gasteiger partial charge in [-0.25, -0.2) is 5.43 Å². The number of fused-ring (bicyclic) bond motifs is 3. The summed E-state index contributed by atoms with van der Waals surface area (Å²) in [5.41, 5.74) is 3.83. The summed E-state index contributed by atoms with van der Waals surface area (Å²) in [7, 11) is 0. The molecule has 0 atom stereocenters. The third-order valence-electron chi connectivity index (χ3n) is 4.10. The summed E-state index contributed by atoms with van der Waals surface area (Å²) in [6.07, 6.45) is 1.55. The second kappa shape index (κ2) is 6.64. The van der Waals surface area contributed by atoms with Crippen LogP contribution in [-0.2, 0) is 0 Å². The van der Waals surface area contributed by atoms with E-state index in [2.05, 4.69) is 10.5 Å². The van der Waals surface area contributed by atoms with Crippen molar-refractivity contribution in [3.8, 4) is 0 Å². The normalized spacial score (nSPS) is 11.2. The summed E-state index contributed by atoms with van der Waals surface area (Å²) in [4.78, 5) is 12.4. The first-order valence-corrected chi connectivity index (χ1v) is 8.11. The van der Waals surface area contributed by atoms with E-state index in [0.717, 1.165) is 21.7 Å². The molecule has 0 unspecified atom stereocenters. The summed E-state index contributed by atoms with van der Waals surface area (Å²) in [5, 5.41) is 14.8. The van der Waals surface area contributed by atoms with Gasteiger partial charge in [0.1, 0.15) is 11.1 Å². The van der Waals surface area contributed by atoms with Gasteiger partial charge in [-0.1, -0.05) is 60.7 Å². The van der Waals surface area contributed by atoms with Gasteiger partial charge in [-0.15, -0.1) is 0 Å². The molecular formula is C21H15N3O2. The Morgan fingerprint density at radius 1 is 0.962 bits per heavy atom. The topological polar surface area (TPSA) is 78.5 Å². The summed E-state index contributed by atoms with van der Waals surface area (Å²) in [5.74, 6) is -0.485. The Morgan fingerprint density at radius 2 is 1.73 bits per heavy atom. The zero-order valence-corrected chi connectivity index (χ0v) is 13.8. The lowest BCUT2D eigenvalue weighted by Gasteiger charge is -2.05. The number of carbonyl (C=O) groups is 1. The van der Waals surface area contributed by atoms with E-state index < -0.39 is 5.91 Å². The van der Waals surface area contributed by atoms with Gasteiger partial charge in [0, 0.05) is 5.39 Å². The summed E-state index contributed by atoms with van der Waals surface area (Å²) in [6.45, 7) is 0. The van der Waals surface area contributed by atoms with Crippen molar-refractivity contribution in [3.05, 3.63) is 89.5 Å². The van der Waals surface area contributed by atoms with E-state index >= 15 is 0 Å². The zero-order valence-electron chi connectivity index (χ0n) is 13.8. The van der Waals surface area contributed by atoms with E-state index in [1.54, 1.807) is 12.3 Å². The number of amides is 1. The van der Waals surface area contributed by atoms with E-state index in [9.17, 15) is 4.79 Å². The highest BCUT2D eigenvalue weighted by Gasteiger charge is 2.12. The van der Waals surface area contributed by atoms with Crippen LogP contribution in [-0.4, -0.2) is 12.1 Å². The molecule has 126 valence electrons. The van der Waals surface area contributed by atoms with Gasteiger partial charge in [0.2, 0.25) is 5.55 Å². The highest BCUT2D eigenvalue weighted by molar-refractivity contribution is 6.07. The van der Waals surface area contributed by atoms with Crippen molar-refractivity contribution >= 4 is 33.9 Å². The minimum atomic E-state index is -0.485. The third kappa shape index (κ3) is 2.98. The Kier molecular flexibility index (Phi) is 4.03. The number of hydrogen-bond donors (Lipinski definition) is 2. The molecule has 1 amide bonds. The second-order valence-electron chi connectivity index (χ2n) is 5.80. The van der Waals surface area contributed by atoms with Crippen molar-refractivity contribution in [2.45, 2.75) is 0 Å². The first kappa shape index (κ1) is 15.8. The lowest BCUT2D eigenvalue weighted by Crippen LogP contribution is -2.24. The minimum Gasteiger partial charge on any atom is -0.438 e. The maximum absolute atomic E-state index is 12.4. The Hall–Kier alpha value is -3.73. The van der Waals surface area contributed by atoms with Gasteiger partial charge in [-0.3, -0.25) is 10.2 Å². The Labute approximate surface area is 149 Å². The second-order valence-corrected chi connectivity index (χ2v) is 5.80. The molecule has 0 fully saturated rings. The van der Waals surface area contributed by atoms with Crippen molar-refractivity contribution in [2.24, 2.45) is 5.10 Å². The van der Waals surface area contributed by atoms with E-state index in [0.29, 0.717) is 5.58 Å². The Balaban J connectivity index is 1.70. The molecule has 0 aliphatic rings. The van der Waals surface area contributed by atoms with Crippen LogP contribution in [0.5, 0.6) is 0 Å². The molecule has 26 heavy (non-hydrogen) atoms. The van der Waals surface area contributed by atoms with Crippen molar-refractivity contribution in [3.63, 3.8) is 0 Å². The highest BCUT2D eigenvalue weighted by Crippen LogP contribution is 2.24. The number of hydrogen-bond acceptors (Lipinski definition) is 4. The van der Waals surface area contributed by atoms with Gasteiger partial charge in [0.15, 0.2) is 0 Å². The predicted octanol–water partition coefficient (Wildman–Crippen LogP) is 3.83. The molecule has 0 aliphatic carbocycles.